The van der Waals surface area contributed by atoms with E-state index in [-0.39, 0.29) is 30.1 Å². The van der Waals surface area contributed by atoms with Crippen molar-refractivity contribution in [2.24, 2.45) is 11.8 Å². The lowest BCUT2D eigenvalue weighted by atomic mass is 9.83. The average molecular weight is 368 g/mol. The molecule has 0 spiro atoms. The van der Waals surface area contributed by atoms with Crippen LogP contribution in [0.1, 0.15) is 46.5 Å². The number of methoxy groups -OCH3 is 1. The minimum absolute atomic E-state index is 0.0126. The van der Waals surface area contributed by atoms with Crippen LogP contribution in [-0.4, -0.2) is 53.5 Å². The van der Waals surface area contributed by atoms with Gasteiger partial charge in [-0.3, -0.25) is 9.59 Å². The zero-order chi connectivity index (χ0) is 19.7. The molecule has 2 N–H and O–H groups in total. The van der Waals surface area contributed by atoms with Crippen molar-refractivity contribution in [3.05, 3.63) is 24.3 Å². The van der Waals surface area contributed by atoms with Gasteiger partial charge in [-0.1, -0.05) is 38.5 Å². The molecule has 1 aliphatic rings. The van der Waals surface area contributed by atoms with E-state index in [9.17, 15) is 19.8 Å². The highest BCUT2D eigenvalue weighted by Crippen LogP contribution is 2.25. The number of carbonyl (C=O) groups excluding carboxylic acids is 2. The molecule has 0 bridgehead atoms. The number of hydrogen-bond acceptors (Lipinski definition) is 6. The summed E-state index contributed by atoms with van der Waals surface area (Å²) in [5, 5.41) is 21.0. The summed E-state index contributed by atoms with van der Waals surface area (Å²) >= 11 is 0. The monoisotopic (exact) mass is 368 g/mol. The van der Waals surface area contributed by atoms with Gasteiger partial charge in [0.2, 0.25) is 0 Å². The van der Waals surface area contributed by atoms with Crippen LogP contribution in [0.2, 0.25) is 0 Å². The smallest absolute Gasteiger partial charge is 0.308 e. The molecule has 0 saturated heterocycles. The van der Waals surface area contributed by atoms with Gasteiger partial charge in [0, 0.05) is 19.4 Å². The van der Waals surface area contributed by atoms with Crippen molar-refractivity contribution in [2.45, 2.75) is 70.9 Å². The lowest BCUT2D eigenvalue weighted by Gasteiger charge is -2.32. The number of ether oxygens (including phenoxy) is 2. The summed E-state index contributed by atoms with van der Waals surface area (Å²) in [6.07, 6.45) is 4.67. The molecule has 1 rings (SSSR count). The first kappa shape index (κ1) is 22.5. The van der Waals surface area contributed by atoms with Crippen LogP contribution in [0.5, 0.6) is 0 Å². The van der Waals surface area contributed by atoms with E-state index in [1.165, 1.54) is 13.2 Å². The topological polar surface area (TPSA) is 93.1 Å². The Kier molecular flexibility index (Phi) is 9.76. The second kappa shape index (κ2) is 11.3. The summed E-state index contributed by atoms with van der Waals surface area (Å²) in [6, 6.07) is 0. The molecule has 0 aromatic heterocycles. The summed E-state index contributed by atoms with van der Waals surface area (Å²) in [6.45, 7) is 5.49. The standard InChI is InChI=1S/C20H32O6/c1-5-15-11-13(2)16(21)10-8-6-7-9-14(3)26-18(23)12-17(22)20(25-4)19(15)24/h6-8,10,13-15,17,19-20,22,24H,5,9,11-12H2,1-4H3/b7-6+,10-8+/t13-,14-,15+,17-,19+,20-/m1/s1. The quantitative estimate of drug-likeness (QED) is 0.726. The molecule has 0 amide bonds. The fraction of sp³-hybridized carbons (Fsp3) is 0.700. The van der Waals surface area contributed by atoms with Crippen LogP contribution in [0.4, 0.5) is 0 Å². The van der Waals surface area contributed by atoms with Crippen molar-refractivity contribution in [3.63, 3.8) is 0 Å². The van der Waals surface area contributed by atoms with Gasteiger partial charge in [0.05, 0.1) is 18.6 Å². The van der Waals surface area contributed by atoms with Crippen molar-refractivity contribution in [1.82, 2.24) is 0 Å². The second-order valence-corrected chi connectivity index (χ2v) is 6.99. The van der Waals surface area contributed by atoms with Crippen LogP contribution in [0.3, 0.4) is 0 Å². The minimum Gasteiger partial charge on any atom is -0.462 e. The van der Waals surface area contributed by atoms with Gasteiger partial charge < -0.3 is 19.7 Å². The first-order valence-corrected chi connectivity index (χ1v) is 9.25. The molecule has 1 heterocycles. The maximum Gasteiger partial charge on any atom is 0.308 e. The van der Waals surface area contributed by atoms with Crippen molar-refractivity contribution >= 4 is 11.8 Å². The largest absolute Gasteiger partial charge is 0.462 e. The molecular formula is C20H32O6. The van der Waals surface area contributed by atoms with E-state index in [4.69, 9.17) is 9.47 Å². The van der Waals surface area contributed by atoms with E-state index in [0.717, 1.165) is 0 Å². The number of esters is 1. The summed E-state index contributed by atoms with van der Waals surface area (Å²) in [7, 11) is 1.39. The number of carbonyl (C=O) groups is 2. The molecule has 148 valence electrons. The number of aliphatic hydroxyl groups is 2. The van der Waals surface area contributed by atoms with E-state index in [2.05, 4.69) is 0 Å². The van der Waals surface area contributed by atoms with E-state index in [0.29, 0.717) is 19.3 Å². The summed E-state index contributed by atoms with van der Waals surface area (Å²) < 4.78 is 10.5. The van der Waals surface area contributed by atoms with Crippen LogP contribution in [-0.2, 0) is 19.1 Å². The highest BCUT2D eigenvalue weighted by Gasteiger charge is 2.35. The predicted octanol–water partition coefficient (Wildman–Crippen LogP) is 2.18. The van der Waals surface area contributed by atoms with Gasteiger partial charge in [0.15, 0.2) is 5.78 Å². The number of aliphatic hydroxyl groups excluding tert-OH is 2. The van der Waals surface area contributed by atoms with Crippen LogP contribution in [0, 0.1) is 11.8 Å². The zero-order valence-electron chi connectivity index (χ0n) is 16.1. The van der Waals surface area contributed by atoms with E-state index in [1.807, 2.05) is 19.9 Å². The van der Waals surface area contributed by atoms with Crippen LogP contribution >= 0.6 is 0 Å². The number of hydrogen-bond donors (Lipinski definition) is 2. The molecule has 0 unspecified atom stereocenters. The van der Waals surface area contributed by atoms with Gasteiger partial charge >= 0.3 is 5.97 Å². The highest BCUT2D eigenvalue weighted by molar-refractivity contribution is 5.91. The third kappa shape index (κ3) is 7.02. The molecule has 0 aliphatic carbocycles. The van der Waals surface area contributed by atoms with Crippen LogP contribution < -0.4 is 0 Å². The molecule has 0 fully saturated rings. The molecule has 6 nitrogen and oxygen atoms in total. The fourth-order valence-corrected chi connectivity index (χ4v) is 3.18. The summed E-state index contributed by atoms with van der Waals surface area (Å²) in [5.41, 5.74) is 0. The molecule has 0 aromatic rings. The zero-order valence-corrected chi connectivity index (χ0v) is 16.1. The summed E-state index contributed by atoms with van der Waals surface area (Å²) in [4.78, 5) is 24.3. The average Bonchev–Trinajstić information content (AvgIpc) is 2.58. The molecular weight excluding hydrogens is 336 g/mol. The lowest BCUT2D eigenvalue weighted by molar-refractivity contribution is -0.156. The molecule has 6 atom stereocenters. The molecule has 26 heavy (non-hydrogen) atoms. The van der Waals surface area contributed by atoms with E-state index >= 15 is 0 Å². The predicted molar refractivity (Wildman–Crippen MR) is 98.4 cm³/mol. The van der Waals surface area contributed by atoms with Gasteiger partial charge in [-0.2, -0.15) is 0 Å². The Balaban J connectivity index is 3.04. The number of allylic oxidation sites excluding steroid dienone is 3. The van der Waals surface area contributed by atoms with Crippen molar-refractivity contribution < 1.29 is 29.3 Å². The molecule has 6 heteroatoms. The maximum absolute atomic E-state index is 12.2. The number of ketones is 1. The second-order valence-electron chi connectivity index (χ2n) is 6.99. The SMILES string of the molecule is CC[C@H]1C[C@@H](C)C(=O)/C=C/C=C/C[C@@H](C)OC(=O)C[C@@H](O)[C@@H](OC)[C@H]1O. The number of cyclic esters (lactones) is 1. The number of rotatable bonds is 2. The van der Waals surface area contributed by atoms with Crippen molar-refractivity contribution in [1.29, 1.82) is 0 Å². The van der Waals surface area contributed by atoms with Crippen molar-refractivity contribution in [3.8, 4) is 0 Å². The van der Waals surface area contributed by atoms with E-state index < -0.39 is 24.3 Å². The summed E-state index contributed by atoms with van der Waals surface area (Å²) in [5.74, 6) is -1.04. The highest BCUT2D eigenvalue weighted by atomic mass is 16.5. The molecule has 0 radical (unpaired) electrons. The Labute approximate surface area is 155 Å². The minimum atomic E-state index is -1.18. The fourth-order valence-electron chi connectivity index (χ4n) is 3.18. The molecule has 0 saturated carbocycles. The van der Waals surface area contributed by atoms with Crippen molar-refractivity contribution in [2.75, 3.05) is 7.11 Å². The Morgan fingerprint density at radius 3 is 2.54 bits per heavy atom. The third-order valence-corrected chi connectivity index (χ3v) is 4.82. The lowest BCUT2D eigenvalue weighted by Crippen LogP contribution is -2.45. The van der Waals surface area contributed by atoms with Gasteiger partial charge in [-0.15, -0.1) is 0 Å². The first-order chi connectivity index (χ1) is 12.3. The Hall–Kier alpha value is -1.50. The van der Waals surface area contributed by atoms with Gasteiger partial charge in [0.25, 0.3) is 0 Å². The first-order valence-electron chi connectivity index (χ1n) is 9.25. The Bertz CT molecular complexity index is 512. The van der Waals surface area contributed by atoms with Crippen LogP contribution in [0.25, 0.3) is 0 Å². The molecule has 1 aliphatic heterocycles. The van der Waals surface area contributed by atoms with Gasteiger partial charge in [0.1, 0.15) is 12.2 Å². The Morgan fingerprint density at radius 2 is 1.92 bits per heavy atom. The van der Waals surface area contributed by atoms with E-state index in [1.54, 1.807) is 19.1 Å². The molecule has 0 aromatic carbocycles. The van der Waals surface area contributed by atoms with Gasteiger partial charge in [-0.25, -0.2) is 0 Å². The van der Waals surface area contributed by atoms with Gasteiger partial charge in [-0.05, 0) is 25.3 Å². The van der Waals surface area contributed by atoms with Crippen LogP contribution in [0.15, 0.2) is 24.3 Å². The third-order valence-electron chi connectivity index (χ3n) is 4.82. The Morgan fingerprint density at radius 1 is 1.23 bits per heavy atom. The normalized spacial score (nSPS) is 37.8. The maximum atomic E-state index is 12.2.